The van der Waals surface area contributed by atoms with E-state index >= 15 is 0 Å². The Labute approximate surface area is 301 Å². The van der Waals surface area contributed by atoms with Gasteiger partial charge in [0.25, 0.3) is 11.8 Å². The van der Waals surface area contributed by atoms with Gasteiger partial charge in [0, 0.05) is 74.3 Å². The zero-order valence-corrected chi connectivity index (χ0v) is 29.7. The first-order valence-electron chi connectivity index (χ1n) is 18.2. The van der Waals surface area contributed by atoms with Crippen molar-refractivity contribution in [2.45, 2.75) is 69.8 Å². The van der Waals surface area contributed by atoms with Crippen molar-refractivity contribution < 1.29 is 19.4 Å². The van der Waals surface area contributed by atoms with E-state index in [0.717, 1.165) is 47.5 Å². The molecule has 14 nitrogen and oxygen atoms in total. The minimum atomic E-state index is -0.925. The Morgan fingerprint density at radius 1 is 1.02 bits per heavy atom. The molecule has 1 aromatic carbocycles. The third-order valence-electron chi connectivity index (χ3n) is 11.2. The first kappa shape index (κ1) is 32.8. The Hall–Kier alpha value is -5.08. The molecule has 6 heterocycles. The van der Waals surface area contributed by atoms with Crippen molar-refractivity contribution in [3.8, 4) is 17.3 Å². The Bertz CT molecular complexity index is 2200. The van der Waals surface area contributed by atoms with Crippen LogP contribution < -0.4 is 15.8 Å². The van der Waals surface area contributed by atoms with E-state index in [1.54, 1.807) is 25.9 Å². The van der Waals surface area contributed by atoms with E-state index in [9.17, 15) is 14.7 Å². The highest BCUT2D eigenvalue weighted by Crippen LogP contribution is 2.42. The van der Waals surface area contributed by atoms with E-state index < -0.39 is 5.60 Å². The lowest BCUT2D eigenvalue weighted by Gasteiger charge is -2.41. The Morgan fingerprint density at radius 2 is 1.81 bits per heavy atom. The molecule has 2 aliphatic heterocycles. The Morgan fingerprint density at radius 3 is 2.48 bits per heavy atom. The molecule has 14 heteroatoms. The molecule has 2 bridgehead atoms. The second kappa shape index (κ2) is 12.3. The van der Waals surface area contributed by atoms with Crippen LogP contribution in [0.2, 0.25) is 0 Å². The lowest BCUT2D eigenvalue weighted by Crippen LogP contribution is -2.51. The van der Waals surface area contributed by atoms with Gasteiger partial charge in [-0.3, -0.25) is 9.59 Å². The summed E-state index contributed by atoms with van der Waals surface area (Å²) in [5, 5.41) is 14.0. The van der Waals surface area contributed by atoms with Crippen molar-refractivity contribution in [2.24, 2.45) is 17.6 Å². The number of rotatable bonds is 10. The molecular formula is C38H44N10O4. The summed E-state index contributed by atoms with van der Waals surface area (Å²) >= 11 is 0. The number of aliphatic hydroxyl groups is 1. The summed E-state index contributed by atoms with van der Waals surface area (Å²) in [6.45, 7) is 6.06. The number of imidazole rings is 1. The van der Waals surface area contributed by atoms with Gasteiger partial charge in [0.05, 0.1) is 35.5 Å². The second-order valence-electron chi connectivity index (χ2n) is 15.6. The fourth-order valence-corrected chi connectivity index (χ4v) is 8.27. The lowest BCUT2D eigenvalue weighted by atomic mass is 10.1. The molecule has 2 amide bonds. The topological polar surface area (TPSA) is 170 Å². The number of anilines is 1. The molecule has 4 aromatic heterocycles. The van der Waals surface area contributed by atoms with Crippen molar-refractivity contribution in [2.75, 3.05) is 38.6 Å². The number of carbonyl (C=O) groups excluding carboxylic acids is 2. The summed E-state index contributed by atoms with van der Waals surface area (Å²) in [6.07, 6.45) is 9.21. The van der Waals surface area contributed by atoms with Crippen LogP contribution in [-0.4, -0.2) is 107 Å². The van der Waals surface area contributed by atoms with E-state index in [4.69, 9.17) is 20.4 Å². The predicted octanol–water partition coefficient (Wildman–Crippen LogP) is 3.70. The minimum absolute atomic E-state index is 0.0199. The molecule has 0 spiro atoms. The van der Waals surface area contributed by atoms with Crippen LogP contribution in [0, 0.1) is 11.8 Å². The minimum Gasteiger partial charge on any atom is -0.494 e. The number of nitrogens with one attached hydrogen (secondary N) is 1. The van der Waals surface area contributed by atoms with Crippen LogP contribution in [0.15, 0.2) is 48.9 Å². The van der Waals surface area contributed by atoms with Crippen molar-refractivity contribution in [1.82, 2.24) is 38.9 Å². The van der Waals surface area contributed by atoms with E-state index in [1.165, 1.54) is 25.2 Å². The third kappa shape index (κ3) is 5.64. The number of carbonyl (C=O) groups is 2. The van der Waals surface area contributed by atoms with Crippen LogP contribution in [0.3, 0.4) is 0 Å². The van der Waals surface area contributed by atoms with E-state index in [-0.39, 0.29) is 36.5 Å². The zero-order valence-electron chi connectivity index (χ0n) is 29.7. The van der Waals surface area contributed by atoms with Gasteiger partial charge in [0.15, 0.2) is 5.82 Å². The summed E-state index contributed by atoms with van der Waals surface area (Å²) in [7, 11) is 1.62. The molecule has 270 valence electrons. The number of aromatic nitrogens is 6. The zero-order chi connectivity index (χ0) is 35.9. The normalized spacial score (nSPS) is 21.7. The van der Waals surface area contributed by atoms with Gasteiger partial charge in [-0.15, -0.1) is 0 Å². The largest absolute Gasteiger partial charge is 0.494 e. The summed E-state index contributed by atoms with van der Waals surface area (Å²) in [6, 6.07) is 9.85. The van der Waals surface area contributed by atoms with Crippen LogP contribution in [0.1, 0.15) is 66.3 Å². The SMILES string of the molecule is COc1cc(C(=O)N2CC3CCC2[C@@H]3N)cc2nc(-c3cc4cccnc4n3CC3CC3)n(C3CN(C(=O)c4cnc(NCC(C)(C)O)nc4)C3)c12. The average molecular weight is 705 g/mol. The quantitative estimate of drug-likeness (QED) is 0.195. The van der Waals surface area contributed by atoms with E-state index in [1.807, 2.05) is 29.3 Å². The number of fused-ring (bicyclic) bond motifs is 4. The molecule has 9 rings (SSSR count). The van der Waals surface area contributed by atoms with Crippen LogP contribution >= 0.6 is 0 Å². The van der Waals surface area contributed by atoms with Crippen LogP contribution in [0.25, 0.3) is 33.6 Å². The Balaban J connectivity index is 1.08. The standard InChI is InChI=1S/C38H44N10O4/c1-38(2,51)20-43-37-41-14-25(15-42-37)35(49)45-18-26(19-45)48-32-27(11-24(13-30(32)52-3)36(50)47-17-23-8-9-28(47)31(23)39)44-34(48)29-12-22-5-4-10-40-33(22)46(29)16-21-6-7-21/h4-5,10-15,21,23,26,28,31,51H,6-9,16-20,39H2,1-3H3,(H,41,42,43)/t23?,28?,31-/m1/s1. The van der Waals surface area contributed by atoms with Gasteiger partial charge in [-0.25, -0.2) is 19.9 Å². The van der Waals surface area contributed by atoms with E-state index in [0.29, 0.717) is 59.8 Å². The summed E-state index contributed by atoms with van der Waals surface area (Å²) in [4.78, 5) is 50.0. The number of hydrogen-bond acceptors (Lipinski definition) is 10. The Kier molecular flexibility index (Phi) is 7.74. The number of ether oxygens (including phenoxy) is 1. The number of hydrogen-bond donors (Lipinski definition) is 3. The van der Waals surface area contributed by atoms with Crippen molar-refractivity contribution >= 4 is 39.8 Å². The van der Waals surface area contributed by atoms with Crippen molar-refractivity contribution in [3.05, 3.63) is 60.0 Å². The molecule has 3 atom stereocenters. The van der Waals surface area contributed by atoms with Gasteiger partial charge in [-0.2, -0.15) is 0 Å². The van der Waals surface area contributed by atoms with Crippen LogP contribution in [0.4, 0.5) is 5.95 Å². The summed E-state index contributed by atoms with van der Waals surface area (Å²) in [5.74, 6) is 2.37. The number of benzene rings is 1. The first-order valence-corrected chi connectivity index (χ1v) is 18.2. The molecule has 0 radical (unpaired) electrons. The van der Waals surface area contributed by atoms with Crippen LogP contribution in [0.5, 0.6) is 5.75 Å². The highest BCUT2D eigenvalue weighted by atomic mass is 16.5. The maximum Gasteiger partial charge on any atom is 0.257 e. The molecule has 4 aliphatic rings. The smallest absolute Gasteiger partial charge is 0.257 e. The fourth-order valence-electron chi connectivity index (χ4n) is 8.27. The summed E-state index contributed by atoms with van der Waals surface area (Å²) < 4.78 is 10.5. The second-order valence-corrected chi connectivity index (χ2v) is 15.6. The van der Waals surface area contributed by atoms with Crippen LogP contribution in [-0.2, 0) is 6.54 Å². The highest BCUT2D eigenvalue weighted by Gasteiger charge is 2.47. The number of nitrogens with zero attached hydrogens (tertiary/aromatic N) is 8. The maximum atomic E-state index is 14.0. The molecule has 4 fully saturated rings. The van der Waals surface area contributed by atoms with Gasteiger partial charge in [-0.1, -0.05) is 0 Å². The average Bonchev–Trinajstić information content (AvgIpc) is 3.46. The van der Waals surface area contributed by atoms with Gasteiger partial charge in [0.2, 0.25) is 5.95 Å². The molecule has 5 aromatic rings. The highest BCUT2D eigenvalue weighted by molar-refractivity contribution is 6.01. The third-order valence-corrected chi connectivity index (χ3v) is 11.2. The van der Waals surface area contributed by atoms with Gasteiger partial charge >= 0.3 is 0 Å². The first-order chi connectivity index (χ1) is 25.1. The van der Waals surface area contributed by atoms with Gasteiger partial charge in [0.1, 0.15) is 16.9 Å². The number of amides is 2. The lowest BCUT2D eigenvalue weighted by molar-refractivity contribution is 0.0526. The summed E-state index contributed by atoms with van der Waals surface area (Å²) in [5.41, 5.74) is 9.78. The number of methoxy groups -OCH3 is 1. The van der Waals surface area contributed by atoms with Gasteiger partial charge < -0.3 is 39.8 Å². The molecule has 2 saturated carbocycles. The van der Waals surface area contributed by atoms with E-state index in [2.05, 4.69) is 36.6 Å². The fraction of sp³-hybridized carbons (Fsp3) is 0.474. The van der Waals surface area contributed by atoms with Crippen molar-refractivity contribution in [1.29, 1.82) is 0 Å². The molecule has 52 heavy (non-hydrogen) atoms. The molecule has 2 saturated heterocycles. The number of piperidine rings is 1. The van der Waals surface area contributed by atoms with Crippen molar-refractivity contribution in [3.63, 3.8) is 0 Å². The number of likely N-dealkylation sites (tertiary alicyclic amines) is 2. The number of pyridine rings is 1. The molecule has 2 aliphatic carbocycles. The monoisotopic (exact) mass is 704 g/mol. The molecule has 2 unspecified atom stereocenters. The molecule has 4 N–H and O–H groups in total. The predicted molar refractivity (Wildman–Crippen MR) is 195 cm³/mol. The van der Waals surface area contributed by atoms with Gasteiger partial charge in [-0.05, 0) is 81.7 Å². The maximum absolute atomic E-state index is 14.0. The molecular weight excluding hydrogens is 660 g/mol. The number of nitrogens with two attached hydrogens (primary N) is 1.